The Balaban J connectivity index is 3.84. The zero-order valence-corrected chi connectivity index (χ0v) is 31.0. The highest BCUT2D eigenvalue weighted by Gasteiger charge is 2.36. The highest BCUT2D eigenvalue weighted by atomic mass is 16.4. The molecule has 0 heterocycles. The summed E-state index contributed by atoms with van der Waals surface area (Å²) in [7, 11) is 0. The van der Waals surface area contributed by atoms with E-state index in [2.05, 4.69) is 20.8 Å². The van der Waals surface area contributed by atoms with Gasteiger partial charge >= 0.3 is 5.97 Å². The van der Waals surface area contributed by atoms with Crippen molar-refractivity contribution in [3.05, 3.63) is 0 Å². The Hall–Kier alpha value is -0.530. The second-order valence-electron chi connectivity index (χ2n) is 14.8. The smallest absolute Gasteiger partial charge is 0.309 e. The van der Waals surface area contributed by atoms with Crippen LogP contribution in [0.5, 0.6) is 0 Å². The van der Waals surface area contributed by atoms with E-state index in [4.69, 9.17) is 0 Å². The molecular formula is C42H84O2. The van der Waals surface area contributed by atoms with Crippen molar-refractivity contribution in [1.29, 1.82) is 0 Å². The van der Waals surface area contributed by atoms with Gasteiger partial charge in [0.05, 0.1) is 5.41 Å². The van der Waals surface area contributed by atoms with Crippen LogP contribution in [-0.2, 0) is 4.79 Å². The maximum Gasteiger partial charge on any atom is 0.309 e. The van der Waals surface area contributed by atoms with Crippen molar-refractivity contribution in [1.82, 2.24) is 0 Å². The lowest BCUT2D eigenvalue weighted by Gasteiger charge is -2.30. The third-order valence-corrected chi connectivity index (χ3v) is 10.5. The van der Waals surface area contributed by atoms with E-state index in [1.807, 2.05) is 0 Å². The number of carboxylic acids is 1. The summed E-state index contributed by atoms with van der Waals surface area (Å²) in [5, 5.41) is 10.3. The van der Waals surface area contributed by atoms with E-state index in [-0.39, 0.29) is 0 Å². The summed E-state index contributed by atoms with van der Waals surface area (Å²) in [5.41, 5.74) is -0.456. The lowest BCUT2D eigenvalue weighted by atomic mass is 9.74. The quantitative estimate of drug-likeness (QED) is 0.0697. The molecule has 0 rings (SSSR count). The molecular weight excluding hydrogens is 536 g/mol. The van der Waals surface area contributed by atoms with E-state index in [0.717, 1.165) is 44.9 Å². The van der Waals surface area contributed by atoms with Crippen molar-refractivity contribution in [2.45, 2.75) is 258 Å². The van der Waals surface area contributed by atoms with Gasteiger partial charge in [-0.25, -0.2) is 0 Å². The van der Waals surface area contributed by atoms with Crippen LogP contribution >= 0.6 is 0 Å². The summed E-state index contributed by atoms with van der Waals surface area (Å²) in [4.78, 5) is 12.5. The molecule has 0 saturated carbocycles. The first kappa shape index (κ1) is 43.5. The van der Waals surface area contributed by atoms with E-state index in [1.165, 1.54) is 193 Å². The molecule has 2 heteroatoms. The first-order valence-electron chi connectivity index (χ1n) is 20.9. The van der Waals surface area contributed by atoms with E-state index in [0.29, 0.717) is 0 Å². The van der Waals surface area contributed by atoms with Crippen LogP contribution in [0.3, 0.4) is 0 Å². The number of aliphatic carboxylic acids is 1. The molecule has 2 nitrogen and oxygen atoms in total. The SMILES string of the molecule is CCCCCCCCCCCCCCCCCCC(CCCC)(CCCCCCCCCCCCCCCCCC)C(=O)O. The van der Waals surface area contributed by atoms with Crippen LogP contribution in [0, 0.1) is 5.41 Å². The molecule has 0 amide bonds. The number of rotatable bonds is 38. The van der Waals surface area contributed by atoms with Gasteiger partial charge in [-0.1, -0.05) is 239 Å². The molecule has 0 aliphatic carbocycles. The fourth-order valence-electron chi connectivity index (χ4n) is 7.23. The fraction of sp³-hybridized carbons (Fsp3) is 0.976. The number of unbranched alkanes of at least 4 members (excludes halogenated alkanes) is 31. The number of carboxylic acid groups (broad SMARTS) is 1. The Morgan fingerprint density at radius 3 is 0.705 bits per heavy atom. The summed E-state index contributed by atoms with van der Waals surface area (Å²) in [6.07, 6.45) is 48.8. The maximum atomic E-state index is 12.5. The van der Waals surface area contributed by atoms with Gasteiger partial charge < -0.3 is 5.11 Å². The maximum absolute atomic E-state index is 12.5. The van der Waals surface area contributed by atoms with Crippen LogP contribution in [0.25, 0.3) is 0 Å². The summed E-state index contributed by atoms with van der Waals surface area (Å²) < 4.78 is 0. The molecule has 0 aromatic heterocycles. The predicted octanol–water partition coefficient (Wildman–Crippen LogP) is 15.6. The van der Waals surface area contributed by atoms with Crippen molar-refractivity contribution in [2.24, 2.45) is 5.41 Å². The highest BCUT2D eigenvalue weighted by molar-refractivity contribution is 5.74. The van der Waals surface area contributed by atoms with Crippen LogP contribution in [-0.4, -0.2) is 11.1 Å². The van der Waals surface area contributed by atoms with Crippen LogP contribution in [0.15, 0.2) is 0 Å². The van der Waals surface area contributed by atoms with Gasteiger partial charge in [0.1, 0.15) is 0 Å². The van der Waals surface area contributed by atoms with Gasteiger partial charge in [-0.05, 0) is 19.3 Å². The topological polar surface area (TPSA) is 37.3 Å². The van der Waals surface area contributed by atoms with E-state index in [1.54, 1.807) is 0 Å². The lowest BCUT2D eigenvalue weighted by Crippen LogP contribution is -2.31. The van der Waals surface area contributed by atoms with E-state index >= 15 is 0 Å². The van der Waals surface area contributed by atoms with Gasteiger partial charge in [0.25, 0.3) is 0 Å². The molecule has 0 unspecified atom stereocenters. The summed E-state index contributed by atoms with van der Waals surface area (Å²) >= 11 is 0. The van der Waals surface area contributed by atoms with Crippen LogP contribution in [0.2, 0.25) is 0 Å². The molecule has 0 aromatic rings. The Morgan fingerprint density at radius 2 is 0.500 bits per heavy atom. The molecule has 0 bridgehead atoms. The number of carbonyl (C=O) groups is 1. The molecule has 0 aromatic carbocycles. The summed E-state index contributed by atoms with van der Waals surface area (Å²) in [6, 6.07) is 0. The third kappa shape index (κ3) is 28.9. The zero-order valence-electron chi connectivity index (χ0n) is 31.0. The normalized spacial score (nSPS) is 11.9. The van der Waals surface area contributed by atoms with Crippen molar-refractivity contribution in [2.75, 3.05) is 0 Å². The number of hydrogen-bond donors (Lipinski definition) is 1. The Kier molecular flexibility index (Phi) is 34.9. The van der Waals surface area contributed by atoms with Gasteiger partial charge in [-0.2, -0.15) is 0 Å². The molecule has 0 saturated heterocycles. The van der Waals surface area contributed by atoms with E-state index in [9.17, 15) is 9.90 Å². The molecule has 264 valence electrons. The number of hydrogen-bond acceptors (Lipinski definition) is 1. The average Bonchev–Trinajstić information content (AvgIpc) is 3.02. The first-order valence-corrected chi connectivity index (χ1v) is 20.9. The molecule has 0 aliphatic heterocycles. The second kappa shape index (κ2) is 35.3. The molecule has 44 heavy (non-hydrogen) atoms. The molecule has 1 N–H and O–H groups in total. The van der Waals surface area contributed by atoms with Gasteiger partial charge in [-0.15, -0.1) is 0 Å². The fourth-order valence-corrected chi connectivity index (χ4v) is 7.23. The lowest BCUT2D eigenvalue weighted by molar-refractivity contribution is -0.150. The second-order valence-corrected chi connectivity index (χ2v) is 14.8. The Morgan fingerprint density at radius 1 is 0.318 bits per heavy atom. The standard InChI is InChI=1S/C42H84O2/c1-4-7-10-12-14-16-18-20-22-24-26-28-30-32-34-36-39-42(41(43)44,38-9-6-3)40-37-35-33-31-29-27-25-23-21-19-17-15-13-11-8-5-2/h4-40H2,1-3H3,(H,43,44). The first-order chi connectivity index (χ1) is 21.6. The van der Waals surface area contributed by atoms with Crippen molar-refractivity contribution in [3.8, 4) is 0 Å². The molecule has 0 radical (unpaired) electrons. The van der Waals surface area contributed by atoms with Crippen LogP contribution < -0.4 is 0 Å². The highest BCUT2D eigenvalue weighted by Crippen LogP contribution is 2.37. The van der Waals surface area contributed by atoms with E-state index < -0.39 is 11.4 Å². The van der Waals surface area contributed by atoms with Crippen LogP contribution in [0.4, 0.5) is 0 Å². The largest absolute Gasteiger partial charge is 0.481 e. The monoisotopic (exact) mass is 621 g/mol. The minimum absolute atomic E-state index is 0.456. The minimum Gasteiger partial charge on any atom is -0.481 e. The summed E-state index contributed by atoms with van der Waals surface area (Å²) in [5.74, 6) is -0.507. The molecule has 0 spiro atoms. The van der Waals surface area contributed by atoms with Gasteiger partial charge in [-0.3, -0.25) is 4.79 Å². The Bertz CT molecular complexity index is 520. The summed E-state index contributed by atoms with van der Waals surface area (Å²) in [6.45, 7) is 6.79. The average molecular weight is 621 g/mol. The van der Waals surface area contributed by atoms with Crippen LogP contribution in [0.1, 0.15) is 258 Å². The van der Waals surface area contributed by atoms with Crippen molar-refractivity contribution >= 4 is 5.97 Å². The van der Waals surface area contributed by atoms with Crippen molar-refractivity contribution < 1.29 is 9.90 Å². The molecule has 0 fully saturated rings. The minimum atomic E-state index is -0.507. The van der Waals surface area contributed by atoms with Gasteiger partial charge in [0, 0.05) is 0 Å². The molecule has 0 atom stereocenters. The van der Waals surface area contributed by atoms with Gasteiger partial charge in [0.15, 0.2) is 0 Å². The third-order valence-electron chi connectivity index (χ3n) is 10.5. The van der Waals surface area contributed by atoms with Crippen molar-refractivity contribution in [3.63, 3.8) is 0 Å². The molecule has 0 aliphatic rings. The predicted molar refractivity (Wildman–Crippen MR) is 198 cm³/mol. The Labute approximate surface area is 279 Å². The van der Waals surface area contributed by atoms with Gasteiger partial charge in [0.2, 0.25) is 0 Å². The zero-order chi connectivity index (χ0) is 32.2.